The van der Waals surface area contributed by atoms with E-state index in [1.165, 1.54) is 27.6 Å². The summed E-state index contributed by atoms with van der Waals surface area (Å²) in [6.45, 7) is 5.20. The topological polar surface area (TPSA) is 4.93 Å². The van der Waals surface area contributed by atoms with Gasteiger partial charge in [0.25, 0.3) is 0 Å². The molecular formula is C17H16ClN. The second-order valence-electron chi connectivity index (χ2n) is 5.08. The number of hydrogen-bond acceptors (Lipinski definition) is 0. The molecule has 0 bridgehead atoms. The molecule has 1 heterocycles. The van der Waals surface area contributed by atoms with E-state index in [0.29, 0.717) is 0 Å². The highest BCUT2D eigenvalue weighted by atomic mass is 35.5. The Morgan fingerprint density at radius 3 is 2.63 bits per heavy atom. The Morgan fingerprint density at radius 2 is 1.84 bits per heavy atom. The summed E-state index contributed by atoms with van der Waals surface area (Å²) in [7, 11) is 0. The van der Waals surface area contributed by atoms with E-state index in [1.807, 2.05) is 12.1 Å². The lowest BCUT2D eigenvalue weighted by atomic mass is 10.1. The lowest BCUT2D eigenvalue weighted by molar-refractivity contribution is 0.830. The minimum absolute atomic E-state index is 0.789. The van der Waals surface area contributed by atoms with Crippen molar-refractivity contribution in [2.75, 3.05) is 0 Å². The van der Waals surface area contributed by atoms with Crippen LogP contribution in [0.25, 0.3) is 10.9 Å². The lowest BCUT2D eigenvalue weighted by Gasteiger charge is -2.09. The average Bonchev–Trinajstić information content (AvgIpc) is 2.75. The van der Waals surface area contributed by atoms with Crippen LogP contribution in [-0.4, -0.2) is 4.57 Å². The zero-order chi connectivity index (χ0) is 13.4. The molecule has 19 heavy (non-hydrogen) atoms. The van der Waals surface area contributed by atoms with E-state index >= 15 is 0 Å². The fourth-order valence-corrected chi connectivity index (χ4v) is 2.70. The molecule has 2 aromatic carbocycles. The molecule has 0 aliphatic rings. The van der Waals surface area contributed by atoms with Gasteiger partial charge in [-0.3, -0.25) is 0 Å². The number of nitrogens with zero attached hydrogens (tertiary/aromatic N) is 1. The number of aryl methyl sites for hydroxylation is 2. The van der Waals surface area contributed by atoms with Crippen molar-refractivity contribution in [2.24, 2.45) is 0 Å². The maximum absolute atomic E-state index is 6.02. The second kappa shape index (κ2) is 4.75. The maximum atomic E-state index is 6.02. The van der Waals surface area contributed by atoms with Crippen molar-refractivity contribution in [2.45, 2.75) is 20.4 Å². The molecule has 0 amide bonds. The summed E-state index contributed by atoms with van der Waals surface area (Å²) < 4.78 is 2.27. The molecule has 0 spiro atoms. The zero-order valence-electron chi connectivity index (χ0n) is 11.2. The van der Waals surface area contributed by atoms with Gasteiger partial charge in [0.05, 0.1) is 0 Å². The molecule has 0 aliphatic heterocycles. The molecule has 0 N–H and O–H groups in total. The third kappa shape index (κ3) is 2.39. The van der Waals surface area contributed by atoms with Crippen molar-refractivity contribution in [3.63, 3.8) is 0 Å². The van der Waals surface area contributed by atoms with Crippen LogP contribution in [0.4, 0.5) is 0 Å². The van der Waals surface area contributed by atoms with Crippen LogP contribution in [0, 0.1) is 13.8 Å². The van der Waals surface area contributed by atoms with Gasteiger partial charge in [0.2, 0.25) is 0 Å². The van der Waals surface area contributed by atoms with E-state index in [1.54, 1.807) is 0 Å². The first kappa shape index (κ1) is 12.3. The first-order valence-electron chi connectivity index (χ1n) is 6.44. The molecular weight excluding hydrogens is 254 g/mol. The van der Waals surface area contributed by atoms with Gasteiger partial charge in [-0.15, -0.1) is 0 Å². The van der Waals surface area contributed by atoms with Crippen molar-refractivity contribution in [3.05, 3.63) is 70.4 Å². The largest absolute Gasteiger partial charge is 0.343 e. The predicted octanol–water partition coefficient (Wildman–Crippen LogP) is 4.96. The molecule has 0 atom stereocenters. The third-order valence-corrected chi connectivity index (χ3v) is 3.81. The Morgan fingerprint density at radius 1 is 1.00 bits per heavy atom. The average molecular weight is 270 g/mol. The number of halogens is 1. The van der Waals surface area contributed by atoms with Crippen molar-refractivity contribution < 1.29 is 0 Å². The molecule has 0 saturated carbocycles. The van der Waals surface area contributed by atoms with Gasteiger partial charge in [-0.2, -0.15) is 0 Å². The van der Waals surface area contributed by atoms with E-state index in [2.05, 4.69) is 54.9 Å². The van der Waals surface area contributed by atoms with Gasteiger partial charge in [0.1, 0.15) is 0 Å². The molecule has 0 saturated heterocycles. The normalized spacial score (nSPS) is 11.1. The molecule has 0 radical (unpaired) electrons. The van der Waals surface area contributed by atoms with Crippen molar-refractivity contribution in [1.82, 2.24) is 4.57 Å². The molecule has 2 heteroatoms. The van der Waals surface area contributed by atoms with Gasteiger partial charge < -0.3 is 4.57 Å². The summed E-state index contributed by atoms with van der Waals surface area (Å²) in [6.07, 6.45) is 2.13. The first-order valence-corrected chi connectivity index (χ1v) is 6.82. The summed E-state index contributed by atoms with van der Waals surface area (Å²) in [5, 5.41) is 1.98. The van der Waals surface area contributed by atoms with Crippen LogP contribution >= 0.6 is 11.6 Å². The maximum Gasteiger partial charge on any atom is 0.0484 e. The number of benzene rings is 2. The fourth-order valence-electron chi connectivity index (χ4n) is 2.52. The minimum atomic E-state index is 0.789. The smallest absolute Gasteiger partial charge is 0.0484 e. The number of rotatable bonds is 2. The van der Waals surface area contributed by atoms with E-state index in [9.17, 15) is 0 Å². The zero-order valence-corrected chi connectivity index (χ0v) is 11.9. The standard InChI is InChI=1S/C17H16ClN/c1-12-3-4-15(13(2)9-12)11-19-8-7-14-10-16(18)5-6-17(14)19/h3-10H,11H2,1-2H3. The highest BCUT2D eigenvalue weighted by Crippen LogP contribution is 2.22. The lowest BCUT2D eigenvalue weighted by Crippen LogP contribution is -2.00. The molecule has 3 aromatic rings. The van der Waals surface area contributed by atoms with Gasteiger partial charge in [-0.05, 0) is 49.2 Å². The molecule has 1 aromatic heterocycles. The van der Waals surface area contributed by atoms with Crippen LogP contribution in [0.15, 0.2) is 48.7 Å². The molecule has 3 rings (SSSR count). The summed E-state index contributed by atoms with van der Waals surface area (Å²) >= 11 is 6.02. The van der Waals surface area contributed by atoms with Crippen LogP contribution in [0.3, 0.4) is 0 Å². The second-order valence-corrected chi connectivity index (χ2v) is 5.51. The van der Waals surface area contributed by atoms with Gasteiger partial charge in [0, 0.05) is 28.7 Å². The Balaban J connectivity index is 2.01. The third-order valence-electron chi connectivity index (χ3n) is 3.57. The van der Waals surface area contributed by atoms with Crippen molar-refractivity contribution in [1.29, 1.82) is 0 Å². The highest BCUT2D eigenvalue weighted by Gasteiger charge is 2.04. The van der Waals surface area contributed by atoms with Crippen LogP contribution in [0.2, 0.25) is 5.02 Å². The SMILES string of the molecule is Cc1ccc(Cn2ccc3cc(Cl)ccc32)c(C)c1. The van der Waals surface area contributed by atoms with Crippen LogP contribution in [0.1, 0.15) is 16.7 Å². The van der Waals surface area contributed by atoms with Crippen molar-refractivity contribution in [3.8, 4) is 0 Å². The summed E-state index contributed by atoms with van der Waals surface area (Å²) in [5.74, 6) is 0. The highest BCUT2D eigenvalue weighted by molar-refractivity contribution is 6.31. The number of fused-ring (bicyclic) bond motifs is 1. The van der Waals surface area contributed by atoms with E-state index in [-0.39, 0.29) is 0 Å². The van der Waals surface area contributed by atoms with E-state index in [4.69, 9.17) is 11.6 Å². The van der Waals surface area contributed by atoms with Gasteiger partial charge in [-0.25, -0.2) is 0 Å². The minimum Gasteiger partial charge on any atom is -0.343 e. The Bertz CT molecular complexity index is 740. The molecule has 0 fully saturated rings. The van der Waals surface area contributed by atoms with Crippen LogP contribution in [-0.2, 0) is 6.54 Å². The van der Waals surface area contributed by atoms with Crippen molar-refractivity contribution >= 4 is 22.5 Å². The Kier molecular flexibility index (Phi) is 3.08. The van der Waals surface area contributed by atoms with Gasteiger partial charge >= 0.3 is 0 Å². The molecule has 96 valence electrons. The molecule has 0 unspecified atom stereocenters. The van der Waals surface area contributed by atoms with Gasteiger partial charge in [0.15, 0.2) is 0 Å². The Hall–Kier alpha value is -1.73. The number of aromatic nitrogens is 1. The van der Waals surface area contributed by atoms with Crippen LogP contribution in [0.5, 0.6) is 0 Å². The van der Waals surface area contributed by atoms with Gasteiger partial charge in [-0.1, -0.05) is 35.4 Å². The van der Waals surface area contributed by atoms with E-state index in [0.717, 1.165) is 11.6 Å². The summed E-state index contributed by atoms with van der Waals surface area (Å²) in [5.41, 5.74) is 5.24. The molecule has 1 nitrogen and oxygen atoms in total. The quantitative estimate of drug-likeness (QED) is 0.620. The van der Waals surface area contributed by atoms with Crippen LogP contribution < -0.4 is 0 Å². The fraction of sp³-hybridized carbons (Fsp3) is 0.176. The first-order chi connectivity index (χ1) is 9.13. The summed E-state index contributed by atoms with van der Waals surface area (Å²) in [6, 6.07) is 14.8. The molecule has 0 aliphatic carbocycles. The monoisotopic (exact) mass is 269 g/mol. The number of hydrogen-bond donors (Lipinski definition) is 0. The predicted molar refractivity (Wildman–Crippen MR) is 82.0 cm³/mol. The van der Waals surface area contributed by atoms with E-state index < -0.39 is 0 Å². The Labute approximate surface area is 118 Å². The summed E-state index contributed by atoms with van der Waals surface area (Å²) in [4.78, 5) is 0.